The highest BCUT2D eigenvalue weighted by atomic mass is 35.5. The van der Waals surface area contributed by atoms with Crippen LogP contribution in [0.15, 0.2) is 42.6 Å². The van der Waals surface area contributed by atoms with Gasteiger partial charge in [0.1, 0.15) is 5.69 Å². The third-order valence-corrected chi connectivity index (χ3v) is 5.62. The monoisotopic (exact) mass is 512 g/mol. The van der Waals surface area contributed by atoms with Gasteiger partial charge in [-0.2, -0.15) is 13.2 Å². The quantitative estimate of drug-likeness (QED) is 0.392. The molecule has 0 aliphatic carbocycles. The van der Waals surface area contributed by atoms with Gasteiger partial charge in [0.15, 0.2) is 10.3 Å². The van der Waals surface area contributed by atoms with Crippen molar-refractivity contribution in [3.63, 3.8) is 0 Å². The summed E-state index contributed by atoms with van der Waals surface area (Å²) in [6.45, 7) is 2.96. The van der Waals surface area contributed by atoms with Gasteiger partial charge in [0.05, 0.1) is 17.0 Å². The molecule has 0 saturated carbocycles. The van der Waals surface area contributed by atoms with Gasteiger partial charge in [-0.1, -0.05) is 53.3 Å². The zero-order valence-electron chi connectivity index (χ0n) is 17.6. The number of pyridine rings is 1. The molecule has 2 aromatic heterocycles. The maximum Gasteiger partial charge on any atom is 0.493 e. The van der Waals surface area contributed by atoms with Crippen molar-refractivity contribution in [2.75, 3.05) is 10.4 Å². The number of benzene rings is 1. The third-order valence-electron chi connectivity index (χ3n) is 4.21. The molecule has 0 aliphatic rings. The number of anilines is 2. The smallest absolute Gasteiger partial charge is 0.324 e. The number of carbonyl (C=O) groups is 3. The van der Waals surface area contributed by atoms with Crippen molar-refractivity contribution < 1.29 is 32.4 Å². The van der Waals surface area contributed by atoms with Gasteiger partial charge in [-0.3, -0.25) is 9.59 Å². The zero-order chi connectivity index (χ0) is 25.0. The second-order valence-electron chi connectivity index (χ2n) is 6.88. The number of aromatic nitrogens is 2. The predicted molar refractivity (Wildman–Crippen MR) is 119 cm³/mol. The first-order chi connectivity index (χ1) is 16.0. The molecule has 0 spiro atoms. The summed E-state index contributed by atoms with van der Waals surface area (Å²) in [4.78, 5) is 48.9. The minimum atomic E-state index is -5.36. The van der Waals surface area contributed by atoms with Gasteiger partial charge in [-0.25, -0.2) is 14.8 Å². The van der Waals surface area contributed by atoms with Crippen LogP contribution in [0.2, 0.25) is 5.15 Å². The molecule has 0 atom stereocenters. The van der Waals surface area contributed by atoms with Crippen molar-refractivity contribution >= 4 is 51.5 Å². The van der Waals surface area contributed by atoms with Gasteiger partial charge in [-0.15, -0.1) is 5.06 Å². The Balaban J connectivity index is 2.03. The molecule has 0 fully saturated rings. The summed E-state index contributed by atoms with van der Waals surface area (Å²) in [6, 6.07) is 9.41. The van der Waals surface area contributed by atoms with E-state index in [0.29, 0.717) is 21.7 Å². The number of thiazole rings is 1. The van der Waals surface area contributed by atoms with Crippen molar-refractivity contribution in [2.24, 2.45) is 0 Å². The number of hydrogen-bond acceptors (Lipinski definition) is 7. The molecule has 1 N–H and O–H groups in total. The fraction of sp³-hybridized carbons (Fsp3) is 0.190. The predicted octanol–water partition coefficient (Wildman–Crippen LogP) is 4.72. The van der Waals surface area contributed by atoms with E-state index in [1.54, 1.807) is 37.3 Å². The van der Waals surface area contributed by atoms with Crippen LogP contribution < -0.4 is 10.4 Å². The van der Waals surface area contributed by atoms with E-state index < -0.39 is 18.1 Å². The highest BCUT2D eigenvalue weighted by molar-refractivity contribution is 7.19. The van der Waals surface area contributed by atoms with E-state index in [9.17, 15) is 27.6 Å². The Morgan fingerprint density at radius 3 is 2.50 bits per heavy atom. The summed E-state index contributed by atoms with van der Waals surface area (Å²) in [5, 5.41) is 2.64. The number of nitrogens with one attached hydrogen (secondary N) is 1. The lowest BCUT2D eigenvalue weighted by Crippen LogP contribution is -2.39. The van der Waals surface area contributed by atoms with Crippen LogP contribution in [0.3, 0.4) is 0 Å². The number of rotatable bonds is 5. The molecule has 34 heavy (non-hydrogen) atoms. The average Bonchev–Trinajstić information content (AvgIpc) is 3.11. The van der Waals surface area contributed by atoms with Crippen molar-refractivity contribution in [3.05, 3.63) is 59.0 Å². The number of halogens is 4. The molecule has 3 rings (SSSR count). The van der Waals surface area contributed by atoms with Gasteiger partial charge in [-0.05, 0) is 18.6 Å². The SMILES string of the molecule is CC(=O)Nc1nc(C)c(-c2cnc(Cl)c(N(OC(=O)C(F)(F)F)C(=O)Cc3ccccc3)c2)s1. The standard InChI is InChI=1S/C21H16ClF3N4O4S/c1-11-17(34-20(27-11)28-12(2)30)14-9-15(18(22)26-10-14)29(33-19(32)21(23,24)25)16(31)8-13-6-4-3-5-7-13/h3-7,9-10H,8H2,1-2H3,(H,27,28,30). The summed E-state index contributed by atoms with van der Waals surface area (Å²) in [7, 11) is 0. The normalized spacial score (nSPS) is 11.1. The van der Waals surface area contributed by atoms with Crippen LogP contribution in [0.4, 0.5) is 24.0 Å². The number of alkyl halides is 3. The Kier molecular flexibility index (Phi) is 7.52. The molecule has 2 heterocycles. The van der Waals surface area contributed by atoms with E-state index in [1.165, 1.54) is 19.2 Å². The Morgan fingerprint density at radius 2 is 1.88 bits per heavy atom. The molecule has 8 nitrogen and oxygen atoms in total. The van der Waals surface area contributed by atoms with Gasteiger partial charge in [0, 0.05) is 18.7 Å². The van der Waals surface area contributed by atoms with Crippen molar-refractivity contribution in [1.82, 2.24) is 9.97 Å². The molecular weight excluding hydrogens is 497 g/mol. The van der Waals surface area contributed by atoms with Crippen molar-refractivity contribution in [3.8, 4) is 10.4 Å². The number of aryl methyl sites for hydroxylation is 1. The summed E-state index contributed by atoms with van der Waals surface area (Å²) in [5.41, 5.74) is 0.912. The molecule has 0 unspecified atom stereocenters. The number of carbonyl (C=O) groups excluding carboxylic acids is 3. The number of amides is 2. The second kappa shape index (κ2) is 10.2. The topological polar surface area (TPSA) is 101 Å². The highest BCUT2D eigenvalue weighted by Gasteiger charge is 2.44. The Morgan fingerprint density at radius 1 is 1.21 bits per heavy atom. The molecular formula is C21H16ClF3N4O4S. The summed E-state index contributed by atoms with van der Waals surface area (Å²) in [5.74, 6) is -3.92. The summed E-state index contributed by atoms with van der Waals surface area (Å²) >= 11 is 7.17. The van der Waals surface area contributed by atoms with Crippen LogP contribution in [-0.4, -0.2) is 33.9 Å². The maximum absolute atomic E-state index is 12.9. The van der Waals surface area contributed by atoms with E-state index in [0.717, 1.165) is 11.3 Å². The average molecular weight is 513 g/mol. The molecule has 3 aromatic rings. The van der Waals surface area contributed by atoms with Gasteiger partial charge in [0.25, 0.3) is 5.91 Å². The molecule has 0 bridgehead atoms. The molecule has 2 amide bonds. The zero-order valence-corrected chi connectivity index (χ0v) is 19.2. The second-order valence-corrected chi connectivity index (χ2v) is 8.23. The van der Waals surface area contributed by atoms with Crippen molar-refractivity contribution in [2.45, 2.75) is 26.4 Å². The first-order valence-corrected chi connectivity index (χ1v) is 10.7. The minimum absolute atomic E-state index is 0.187. The lowest BCUT2D eigenvalue weighted by Gasteiger charge is -2.22. The lowest BCUT2D eigenvalue weighted by atomic mass is 10.1. The summed E-state index contributed by atoms with van der Waals surface area (Å²) in [6.07, 6.45) is -4.42. The van der Waals surface area contributed by atoms with E-state index >= 15 is 0 Å². The molecule has 0 saturated heterocycles. The van der Waals surface area contributed by atoms with Gasteiger partial charge >= 0.3 is 12.1 Å². The molecule has 178 valence electrons. The van der Waals surface area contributed by atoms with Crippen molar-refractivity contribution in [1.29, 1.82) is 0 Å². The van der Waals surface area contributed by atoms with E-state index in [2.05, 4.69) is 20.1 Å². The fourth-order valence-corrected chi connectivity index (χ4v) is 3.96. The molecule has 1 aromatic carbocycles. The maximum atomic E-state index is 12.9. The Labute approximate surface area is 200 Å². The first-order valence-electron chi connectivity index (χ1n) is 9.52. The van der Waals surface area contributed by atoms with Crippen LogP contribution >= 0.6 is 22.9 Å². The molecule has 0 radical (unpaired) electrons. The Hall–Kier alpha value is -3.51. The highest BCUT2D eigenvalue weighted by Crippen LogP contribution is 2.37. The third kappa shape index (κ3) is 6.08. The molecule has 0 aliphatic heterocycles. The van der Waals surface area contributed by atoms with Crippen LogP contribution in [0.25, 0.3) is 10.4 Å². The van der Waals surface area contributed by atoms with Crippen LogP contribution in [0, 0.1) is 6.92 Å². The number of nitrogens with zero attached hydrogens (tertiary/aromatic N) is 3. The fourth-order valence-electron chi connectivity index (χ4n) is 2.78. The summed E-state index contributed by atoms with van der Waals surface area (Å²) < 4.78 is 38.8. The van der Waals surface area contributed by atoms with Crippen LogP contribution in [0.5, 0.6) is 0 Å². The van der Waals surface area contributed by atoms with Crippen LogP contribution in [0.1, 0.15) is 18.2 Å². The van der Waals surface area contributed by atoms with Gasteiger partial charge in [0.2, 0.25) is 5.91 Å². The van der Waals surface area contributed by atoms with Gasteiger partial charge < -0.3 is 10.2 Å². The van der Waals surface area contributed by atoms with E-state index in [1.807, 2.05) is 0 Å². The van der Waals surface area contributed by atoms with Crippen LogP contribution in [-0.2, 0) is 25.6 Å². The molecule has 13 heteroatoms. The minimum Gasteiger partial charge on any atom is -0.324 e. The number of hydrogen-bond donors (Lipinski definition) is 1. The van der Waals surface area contributed by atoms with E-state index in [-0.39, 0.29) is 33.4 Å². The van der Waals surface area contributed by atoms with E-state index in [4.69, 9.17) is 11.6 Å². The Bertz CT molecular complexity index is 1230. The lowest BCUT2D eigenvalue weighted by molar-refractivity contribution is -0.201. The number of hydroxylamine groups is 1. The first kappa shape index (κ1) is 25.1. The largest absolute Gasteiger partial charge is 0.493 e.